The first kappa shape index (κ1) is 17.3. The molecule has 0 aliphatic carbocycles. The second-order valence-electron chi connectivity index (χ2n) is 6.90. The van der Waals surface area contributed by atoms with Crippen LogP contribution in [-0.4, -0.2) is 53.8 Å². The van der Waals surface area contributed by atoms with Crippen LogP contribution in [0.25, 0.3) is 0 Å². The Morgan fingerprint density at radius 1 is 1.05 bits per heavy atom. The molecule has 5 heteroatoms. The minimum Gasteiger partial charge on any atom is -0.369 e. The number of amides is 2. The van der Waals surface area contributed by atoms with E-state index in [1.807, 2.05) is 4.90 Å². The molecule has 2 amide bonds. The van der Waals surface area contributed by atoms with Gasteiger partial charge in [-0.25, -0.2) is 0 Å². The van der Waals surface area contributed by atoms with Crippen LogP contribution in [0.4, 0.5) is 0 Å². The Morgan fingerprint density at radius 2 is 1.64 bits per heavy atom. The van der Waals surface area contributed by atoms with Crippen LogP contribution in [0, 0.1) is 5.92 Å². The third-order valence-corrected chi connectivity index (χ3v) is 5.25. The van der Waals surface area contributed by atoms with E-state index >= 15 is 0 Å². The first-order chi connectivity index (χ1) is 10.6. The lowest BCUT2D eigenvalue weighted by molar-refractivity contribution is -0.133. The molecule has 2 rings (SSSR count). The largest absolute Gasteiger partial charge is 0.369 e. The summed E-state index contributed by atoms with van der Waals surface area (Å²) in [6.07, 6.45) is 8.58. The maximum Gasteiger partial charge on any atom is 0.222 e. The van der Waals surface area contributed by atoms with Crippen molar-refractivity contribution in [1.29, 1.82) is 0 Å². The molecule has 0 aromatic heterocycles. The summed E-state index contributed by atoms with van der Waals surface area (Å²) in [5.41, 5.74) is 5.24. The first-order valence-corrected chi connectivity index (χ1v) is 8.89. The SMILES string of the molecule is C[C@@H](CCC(=O)N1CCC(N2CCCCCC2)CC1)C(N)=O. The topological polar surface area (TPSA) is 66.6 Å². The van der Waals surface area contributed by atoms with E-state index in [2.05, 4.69) is 4.90 Å². The molecule has 0 aromatic carbocycles. The van der Waals surface area contributed by atoms with Crippen LogP contribution in [-0.2, 0) is 9.59 Å². The number of carbonyl (C=O) groups is 2. The summed E-state index contributed by atoms with van der Waals surface area (Å²) in [7, 11) is 0. The molecule has 2 aliphatic rings. The zero-order valence-electron chi connectivity index (χ0n) is 13.9. The Morgan fingerprint density at radius 3 is 2.18 bits per heavy atom. The Hall–Kier alpha value is -1.10. The molecule has 5 nitrogen and oxygen atoms in total. The highest BCUT2D eigenvalue weighted by Crippen LogP contribution is 2.21. The zero-order valence-corrected chi connectivity index (χ0v) is 13.9. The fourth-order valence-electron chi connectivity index (χ4n) is 3.58. The molecule has 2 fully saturated rings. The highest BCUT2D eigenvalue weighted by molar-refractivity contribution is 5.79. The van der Waals surface area contributed by atoms with Crippen molar-refractivity contribution in [2.45, 2.75) is 64.3 Å². The van der Waals surface area contributed by atoms with Crippen LogP contribution >= 0.6 is 0 Å². The number of hydrogen-bond donors (Lipinski definition) is 1. The second-order valence-corrected chi connectivity index (χ2v) is 6.90. The van der Waals surface area contributed by atoms with Gasteiger partial charge in [0, 0.05) is 31.5 Å². The molecule has 0 unspecified atom stereocenters. The smallest absolute Gasteiger partial charge is 0.222 e. The van der Waals surface area contributed by atoms with Crippen LogP contribution in [0.15, 0.2) is 0 Å². The fraction of sp³-hybridized carbons (Fsp3) is 0.882. The molecule has 2 saturated heterocycles. The molecule has 0 saturated carbocycles. The van der Waals surface area contributed by atoms with Crippen molar-refractivity contribution >= 4 is 11.8 Å². The average molecular weight is 309 g/mol. The lowest BCUT2D eigenvalue weighted by atomic mass is 10.0. The van der Waals surface area contributed by atoms with E-state index in [1.165, 1.54) is 38.8 Å². The van der Waals surface area contributed by atoms with Crippen molar-refractivity contribution in [2.24, 2.45) is 11.7 Å². The van der Waals surface area contributed by atoms with Gasteiger partial charge in [-0.3, -0.25) is 9.59 Å². The average Bonchev–Trinajstić information content (AvgIpc) is 2.81. The lowest BCUT2D eigenvalue weighted by Crippen LogP contribution is -2.47. The van der Waals surface area contributed by atoms with E-state index in [0.29, 0.717) is 18.9 Å². The highest BCUT2D eigenvalue weighted by atomic mass is 16.2. The quantitative estimate of drug-likeness (QED) is 0.841. The number of hydrogen-bond acceptors (Lipinski definition) is 3. The number of likely N-dealkylation sites (tertiary alicyclic amines) is 2. The Balaban J connectivity index is 1.71. The van der Waals surface area contributed by atoms with Crippen molar-refractivity contribution in [2.75, 3.05) is 26.2 Å². The van der Waals surface area contributed by atoms with Gasteiger partial charge < -0.3 is 15.5 Å². The Labute approximate surface area is 134 Å². The van der Waals surface area contributed by atoms with E-state index in [-0.39, 0.29) is 17.7 Å². The number of rotatable bonds is 5. The zero-order chi connectivity index (χ0) is 15.9. The van der Waals surface area contributed by atoms with Crippen molar-refractivity contribution in [3.63, 3.8) is 0 Å². The minimum absolute atomic E-state index is 0.183. The number of nitrogens with zero attached hydrogens (tertiary/aromatic N) is 2. The molecule has 1 atom stereocenters. The van der Waals surface area contributed by atoms with E-state index in [9.17, 15) is 9.59 Å². The molecule has 0 aromatic rings. The molecule has 0 radical (unpaired) electrons. The molecule has 0 bridgehead atoms. The van der Waals surface area contributed by atoms with Crippen molar-refractivity contribution in [3.8, 4) is 0 Å². The normalized spacial score (nSPS) is 23.0. The summed E-state index contributed by atoms with van der Waals surface area (Å²) < 4.78 is 0. The summed E-state index contributed by atoms with van der Waals surface area (Å²) >= 11 is 0. The molecule has 2 aliphatic heterocycles. The fourth-order valence-corrected chi connectivity index (χ4v) is 3.58. The lowest BCUT2D eigenvalue weighted by Gasteiger charge is -2.38. The standard InChI is InChI=1S/C17H31N3O2/c1-14(17(18)22)6-7-16(21)20-12-8-15(9-13-20)19-10-4-2-3-5-11-19/h14-15H,2-13H2,1H3,(H2,18,22)/t14-/m0/s1. The van der Waals surface area contributed by atoms with Gasteiger partial charge in [-0.2, -0.15) is 0 Å². The van der Waals surface area contributed by atoms with Gasteiger partial charge in [0.25, 0.3) is 0 Å². The van der Waals surface area contributed by atoms with Crippen molar-refractivity contribution in [3.05, 3.63) is 0 Å². The second kappa shape index (κ2) is 8.51. The first-order valence-electron chi connectivity index (χ1n) is 8.89. The monoisotopic (exact) mass is 309 g/mol. The third-order valence-electron chi connectivity index (χ3n) is 5.25. The minimum atomic E-state index is -0.312. The summed E-state index contributed by atoms with van der Waals surface area (Å²) in [5, 5.41) is 0. The van der Waals surface area contributed by atoms with E-state index in [1.54, 1.807) is 6.92 Å². The predicted molar refractivity (Wildman–Crippen MR) is 87.2 cm³/mol. The number of primary amides is 1. The van der Waals surface area contributed by atoms with Gasteiger partial charge in [0.1, 0.15) is 0 Å². The summed E-state index contributed by atoms with van der Waals surface area (Å²) in [5.74, 6) is -0.339. The van der Waals surface area contributed by atoms with Gasteiger partial charge in [0.15, 0.2) is 0 Å². The highest BCUT2D eigenvalue weighted by Gasteiger charge is 2.27. The van der Waals surface area contributed by atoms with Gasteiger partial charge in [0.05, 0.1) is 0 Å². The van der Waals surface area contributed by atoms with Crippen molar-refractivity contribution < 1.29 is 9.59 Å². The Bertz CT molecular complexity index is 370. The van der Waals surface area contributed by atoms with Gasteiger partial charge in [-0.05, 0) is 45.2 Å². The molecule has 2 heterocycles. The van der Waals surface area contributed by atoms with Gasteiger partial charge >= 0.3 is 0 Å². The van der Waals surface area contributed by atoms with Crippen LogP contribution in [0.3, 0.4) is 0 Å². The predicted octanol–water partition coefficient (Wildman–Crippen LogP) is 1.75. The molecule has 0 spiro atoms. The summed E-state index contributed by atoms with van der Waals surface area (Å²) in [6, 6.07) is 0.659. The molecule has 2 N–H and O–H groups in total. The van der Waals surface area contributed by atoms with Gasteiger partial charge in [0.2, 0.25) is 11.8 Å². The number of piperidine rings is 1. The molecule has 22 heavy (non-hydrogen) atoms. The third kappa shape index (κ3) is 4.97. The van der Waals surface area contributed by atoms with Crippen LogP contribution in [0.5, 0.6) is 0 Å². The van der Waals surface area contributed by atoms with E-state index in [4.69, 9.17) is 5.73 Å². The maximum atomic E-state index is 12.2. The van der Waals surface area contributed by atoms with Crippen LogP contribution < -0.4 is 5.73 Å². The van der Waals surface area contributed by atoms with Crippen LogP contribution in [0.1, 0.15) is 58.3 Å². The van der Waals surface area contributed by atoms with E-state index in [0.717, 1.165) is 25.9 Å². The van der Waals surface area contributed by atoms with Crippen LogP contribution in [0.2, 0.25) is 0 Å². The number of nitrogens with two attached hydrogens (primary N) is 1. The van der Waals surface area contributed by atoms with Gasteiger partial charge in [-0.1, -0.05) is 19.8 Å². The summed E-state index contributed by atoms with van der Waals surface area (Å²) in [4.78, 5) is 27.9. The number of carbonyl (C=O) groups excluding carboxylic acids is 2. The van der Waals surface area contributed by atoms with E-state index < -0.39 is 0 Å². The molecular weight excluding hydrogens is 278 g/mol. The van der Waals surface area contributed by atoms with Crippen molar-refractivity contribution in [1.82, 2.24) is 9.80 Å². The maximum absolute atomic E-state index is 12.2. The molecular formula is C17H31N3O2. The summed E-state index contributed by atoms with van der Waals surface area (Å²) in [6.45, 7) is 5.99. The Kier molecular flexibility index (Phi) is 6.68. The van der Waals surface area contributed by atoms with Gasteiger partial charge in [-0.15, -0.1) is 0 Å². The molecule has 126 valence electrons.